The van der Waals surface area contributed by atoms with E-state index in [-0.39, 0.29) is 16.3 Å². The van der Waals surface area contributed by atoms with E-state index in [0.29, 0.717) is 5.56 Å². The standard InChI is InChI=1S/C21H19F3O/c1-2-3-4-5-13-6-8-16(17(22)10-13)15-11-14-7-9-19(25)21(24)20(14)18(23)12-15/h6-12,25H,2-5H2,1H3. The second-order valence-electron chi connectivity index (χ2n) is 6.23. The molecule has 0 saturated carbocycles. The minimum absolute atomic E-state index is 0.272. The van der Waals surface area contributed by atoms with Crippen LogP contribution in [0.15, 0.2) is 42.5 Å². The van der Waals surface area contributed by atoms with E-state index < -0.39 is 23.2 Å². The van der Waals surface area contributed by atoms with E-state index in [1.165, 1.54) is 18.2 Å². The Morgan fingerprint density at radius 2 is 1.68 bits per heavy atom. The van der Waals surface area contributed by atoms with Crippen molar-refractivity contribution in [2.45, 2.75) is 32.6 Å². The van der Waals surface area contributed by atoms with Crippen LogP contribution in [0.1, 0.15) is 31.7 Å². The number of phenols is 1. The molecule has 0 atom stereocenters. The van der Waals surface area contributed by atoms with Crippen molar-refractivity contribution in [1.29, 1.82) is 0 Å². The molecular formula is C21H19F3O. The van der Waals surface area contributed by atoms with Gasteiger partial charge in [0.25, 0.3) is 0 Å². The lowest BCUT2D eigenvalue weighted by Crippen LogP contribution is -1.93. The molecular weight excluding hydrogens is 325 g/mol. The smallest absolute Gasteiger partial charge is 0.175 e. The second-order valence-corrected chi connectivity index (χ2v) is 6.23. The molecule has 0 aliphatic rings. The van der Waals surface area contributed by atoms with Gasteiger partial charge < -0.3 is 5.11 Å². The normalized spacial score (nSPS) is 11.2. The zero-order valence-corrected chi connectivity index (χ0v) is 14.0. The van der Waals surface area contributed by atoms with Gasteiger partial charge in [0.15, 0.2) is 11.6 Å². The van der Waals surface area contributed by atoms with Crippen molar-refractivity contribution in [3.8, 4) is 16.9 Å². The molecule has 25 heavy (non-hydrogen) atoms. The highest BCUT2D eigenvalue weighted by atomic mass is 19.1. The van der Waals surface area contributed by atoms with Crippen molar-refractivity contribution in [1.82, 2.24) is 0 Å². The average Bonchev–Trinajstić information content (AvgIpc) is 2.58. The van der Waals surface area contributed by atoms with Gasteiger partial charge in [0.05, 0.1) is 5.39 Å². The van der Waals surface area contributed by atoms with Crippen LogP contribution >= 0.6 is 0 Å². The van der Waals surface area contributed by atoms with Crippen LogP contribution in [0.5, 0.6) is 5.75 Å². The average molecular weight is 344 g/mol. The van der Waals surface area contributed by atoms with Gasteiger partial charge in [-0.2, -0.15) is 0 Å². The quantitative estimate of drug-likeness (QED) is 0.534. The summed E-state index contributed by atoms with van der Waals surface area (Å²) in [6.07, 6.45) is 4.00. The van der Waals surface area contributed by atoms with E-state index in [9.17, 15) is 18.3 Å². The molecule has 0 spiro atoms. The molecule has 4 heteroatoms. The van der Waals surface area contributed by atoms with Crippen LogP contribution in [0.4, 0.5) is 13.2 Å². The molecule has 0 amide bonds. The fourth-order valence-electron chi connectivity index (χ4n) is 3.04. The summed E-state index contributed by atoms with van der Waals surface area (Å²) in [5, 5.41) is 9.37. The monoisotopic (exact) mass is 344 g/mol. The number of benzene rings is 3. The van der Waals surface area contributed by atoms with Crippen LogP contribution in [0.25, 0.3) is 21.9 Å². The molecule has 0 unspecified atom stereocenters. The predicted octanol–water partition coefficient (Wildman–Crippen LogP) is 6.36. The molecule has 0 radical (unpaired) electrons. The Bertz CT molecular complexity index is 919. The summed E-state index contributed by atoms with van der Waals surface area (Å²) < 4.78 is 42.7. The third-order valence-electron chi connectivity index (χ3n) is 4.40. The molecule has 3 aromatic carbocycles. The van der Waals surface area contributed by atoms with Gasteiger partial charge in [-0.05, 0) is 53.6 Å². The molecule has 1 N–H and O–H groups in total. The van der Waals surface area contributed by atoms with Gasteiger partial charge in [-0.3, -0.25) is 0 Å². The van der Waals surface area contributed by atoms with Gasteiger partial charge in [0, 0.05) is 5.56 Å². The Balaban J connectivity index is 2.00. The van der Waals surface area contributed by atoms with E-state index in [0.717, 1.165) is 43.4 Å². The summed E-state index contributed by atoms with van der Waals surface area (Å²) in [7, 11) is 0. The second kappa shape index (κ2) is 7.18. The molecule has 1 nitrogen and oxygen atoms in total. The number of unbranched alkanes of at least 4 members (excludes halogenated alkanes) is 2. The Labute approximate surface area is 144 Å². The molecule has 130 valence electrons. The number of halogens is 3. The van der Waals surface area contributed by atoms with Gasteiger partial charge in [-0.25, -0.2) is 13.2 Å². The third kappa shape index (κ3) is 3.48. The van der Waals surface area contributed by atoms with Crippen molar-refractivity contribution in [3.63, 3.8) is 0 Å². The summed E-state index contributed by atoms with van der Waals surface area (Å²) in [6.45, 7) is 2.11. The molecule has 0 bridgehead atoms. The van der Waals surface area contributed by atoms with Crippen molar-refractivity contribution in [2.75, 3.05) is 0 Å². The molecule has 0 aliphatic carbocycles. The molecule has 3 rings (SSSR count). The van der Waals surface area contributed by atoms with E-state index in [1.54, 1.807) is 6.07 Å². The van der Waals surface area contributed by atoms with Crippen LogP contribution < -0.4 is 0 Å². The van der Waals surface area contributed by atoms with Crippen LogP contribution in [0.3, 0.4) is 0 Å². The number of hydrogen-bond donors (Lipinski definition) is 1. The third-order valence-corrected chi connectivity index (χ3v) is 4.40. The summed E-state index contributed by atoms with van der Waals surface area (Å²) >= 11 is 0. The van der Waals surface area contributed by atoms with Crippen molar-refractivity contribution < 1.29 is 18.3 Å². The maximum atomic E-state index is 14.5. The molecule has 0 fully saturated rings. The number of phenolic OH excluding ortho intramolecular Hbond substituents is 1. The number of rotatable bonds is 5. The zero-order valence-electron chi connectivity index (χ0n) is 14.0. The van der Waals surface area contributed by atoms with Gasteiger partial charge in [0.1, 0.15) is 11.6 Å². The first-order valence-corrected chi connectivity index (χ1v) is 8.40. The Hall–Kier alpha value is -2.49. The summed E-state index contributed by atoms with van der Waals surface area (Å²) in [4.78, 5) is 0. The number of aryl methyl sites for hydroxylation is 1. The van der Waals surface area contributed by atoms with Crippen molar-refractivity contribution in [3.05, 3.63) is 65.5 Å². The van der Waals surface area contributed by atoms with Crippen molar-refractivity contribution in [2.24, 2.45) is 0 Å². The molecule has 0 aromatic heterocycles. The van der Waals surface area contributed by atoms with Gasteiger partial charge in [0.2, 0.25) is 0 Å². The van der Waals surface area contributed by atoms with E-state index in [2.05, 4.69) is 6.92 Å². The first kappa shape index (κ1) is 17.3. The predicted molar refractivity (Wildman–Crippen MR) is 94.2 cm³/mol. The van der Waals surface area contributed by atoms with Crippen LogP contribution in [-0.4, -0.2) is 5.11 Å². The SMILES string of the molecule is CCCCCc1ccc(-c2cc(F)c3c(F)c(O)ccc3c2)c(F)c1. The maximum absolute atomic E-state index is 14.5. The van der Waals surface area contributed by atoms with E-state index >= 15 is 0 Å². The lowest BCUT2D eigenvalue weighted by atomic mass is 9.97. The number of aromatic hydroxyl groups is 1. The highest BCUT2D eigenvalue weighted by molar-refractivity contribution is 5.89. The highest BCUT2D eigenvalue weighted by Crippen LogP contribution is 2.33. The minimum atomic E-state index is -1.01. The number of hydrogen-bond acceptors (Lipinski definition) is 1. The summed E-state index contributed by atoms with van der Waals surface area (Å²) in [6, 6.07) is 10.1. The van der Waals surface area contributed by atoms with Gasteiger partial charge in [-0.1, -0.05) is 38.0 Å². The first-order valence-electron chi connectivity index (χ1n) is 8.40. The van der Waals surface area contributed by atoms with Gasteiger partial charge in [-0.15, -0.1) is 0 Å². The zero-order chi connectivity index (χ0) is 18.0. The first-order chi connectivity index (χ1) is 12.0. The van der Waals surface area contributed by atoms with E-state index in [1.807, 2.05) is 6.07 Å². The molecule has 0 heterocycles. The van der Waals surface area contributed by atoms with Crippen LogP contribution in [0, 0.1) is 17.5 Å². The summed E-state index contributed by atoms with van der Waals surface area (Å²) in [5.41, 5.74) is 1.52. The lowest BCUT2D eigenvalue weighted by Gasteiger charge is -2.10. The molecule has 0 aliphatic heterocycles. The Morgan fingerprint density at radius 3 is 2.40 bits per heavy atom. The maximum Gasteiger partial charge on any atom is 0.175 e. The summed E-state index contributed by atoms with van der Waals surface area (Å²) in [5.74, 6) is -2.87. The van der Waals surface area contributed by atoms with E-state index in [4.69, 9.17) is 0 Å². The largest absolute Gasteiger partial charge is 0.505 e. The fourth-order valence-corrected chi connectivity index (χ4v) is 3.04. The van der Waals surface area contributed by atoms with Gasteiger partial charge >= 0.3 is 0 Å². The molecule has 0 saturated heterocycles. The Kier molecular flexibility index (Phi) is 4.98. The Morgan fingerprint density at radius 1 is 0.880 bits per heavy atom. The minimum Gasteiger partial charge on any atom is -0.505 e. The highest BCUT2D eigenvalue weighted by Gasteiger charge is 2.15. The van der Waals surface area contributed by atoms with Crippen LogP contribution in [0.2, 0.25) is 0 Å². The lowest BCUT2D eigenvalue weighted by molar-refractivity contribution is 0.435. The molecule has 3 aromatic rings. The topological polar surface area (TPSA) is 20.2 Å². The fraction of sp³-hybridized carbons (Fsp3) is 0.238. The number of fused-ring (bicyclic) bond motifs is 1. The van der Waals surface area contributed by atoms with Crippen LogP contribution in [-0.2, 0) is 6.42 Å². The van der Waals surface area contributed by atoms with Crippen molar-refractivity contribution >= 4 is 10.8 Å².